The van der Waals surface area contributed by atoms with Crippen molar-refractivity contribution >= 4 is 0 Å². The number of nitrogens with zero attached hydrogens (tertiary/aromatic N) is 1. The van der Waals surface area contributed by atoms with Gasteiger partial charge in [-0.3, -0.25) is 0 Å². The van der Waals surface area contributed by atoms with Crippen molar-refractivity contribution in [2.45, 2.75) is 52.2 Å². The minimum absolute atomic E-state index is 0.528. The molecule has 1 N–H and O–H groups in total. The summed E-state index contributed by atoms with van der Waals surface area (Å²) in [5.41, 5.74) is 0. The van der Waals surface area contributed by atoms with Crippen molar-refractivity contribution in [3.05, 3.63) is 0 Å². The average Bonchev–Trinajstić information content (AvgIpc) is 2.24. The zero-order valence-corrected chi connectivity index (χ0v) is 11.2. The first-order chi connectivity index (χ1) is 7.80. The first-order valence-electron chi connectivity index (χ1n) is 6.87. The highest BCUT2D eigenvalue weighted by Gasteiger charge is 2.28. The van der Waals surface area contributed by atoms with Crippen molar-refractivity contribution in [2.75, 3.05) is 32.8 Å². The number of rotatable bonds is 9. The molecule has 16 heavy (non-hydrogen) atoms. The van der Waals surface area contributed by atoms with Gasteiger partial charge in [0.25, 0.3) is 0 Å². The van der Waals surface area contributed by atoms with E-state index in [0.29, 0.717) is 12.1 Å². The molecule has 96 valence electrons. The molecule has 0 amide bonds. The molecule has 0 aromatic heterocycles. The zero-order valence-electron chi connectivity index (χ0n) is 11.2. The Morgan fingerprint density at radius 3 is 2.50 bits per heavy atom. The summed E-state index contributed by atoms with van der Waals surface area (Å²) in [7, 11) is 0. The van der Waals surface area contributed by atoms with E-state index >= 15 is 0 Å². The van der Waals surface area contributed by atoms with E-state index in [9.17, 15) is 0 Å². The van der Waals surface area contributed by atoms with Crippen LogP contribution >= 0.6 is 0 Å². The van der Waals surface area contributed by atoms with Gasteiger partial charge in [-0.05, 0) is 39.3 Å². The van der Waals surface area contributed by atoms with Crippen LogP contribution in [0.5, 0.6) is 0 Å². The van der Waals surface area contributed by atoms with Gasteiger partial charge in [-0.15, -0.1) is 0 Å². The molecule has 0 bridgehead atoms. The first-order valence-corrected chi connectivity index (χ1v) is 6.87. The van der Waals surface area contributed by atoms with Crippen molar-refractivity contribution in [1.82, 2.24) is 10.2 Å². The third-order valence-corrected chi connectivity index (χ3v) is 3.35. The number of hydrogen-bond acceptors (Lipinski definition) is 3. The van der Waals surface area contributed by atoms with Gasteiger partial charge in [0, 0.05) is 25.7 Å². The molecule has 1 saturated carbocycles. The van der Waals surface area contributed by atoms with Gasteiger partial charge in [0.05, 0.1) is 6.10 Å². The standard InChI is InChI=1S/C13H28N2O/c1-4-8-15(5-2)9-7-14-12-10-13(11-12)16-6-3/h12-14H,4-11H2,1-3H3. The predicted molar refractivity (Wildman–Crippen MR) is 68.8 cm³/mol. The van der Waals surface area contributed by atoms with E-state index in [2.05, 4.69) is 31.0 Å². The summed E-state index contributed by atoms with van der Waals surface area (Å²) in [6.07, 6.45) is 4.19. The molecule has 0 aromatic carbocycles. The summed E-state index contributed by atoms with van der Waals surface area (Å²) in [6, 6.07) is 0.705. The Bertz CT molecular complexity index is 169. The monoisotopic (exact) mass is 228 g/mol. The average molecular weight is 228 g/mol. The van der Waals surface area contributed by atoms with Crippen LogP contribution in [0.4, 0.5) is 0 Å². The molecule has 0 spiro atoms. The van der Waals surface area contributed by atoms with Crippen LogP contribution in [0, 0.1) is 0 Å². The second-order valence-corrected chi connectivity index (χ2v) is 4.63. The molecule has 0 radical (unpaired) electrons. The van der Waals surface area contributed by atoms with Gasteiger partial charge in [-0.2, -0.15) is 0 Å². The second kappa shape index (κ2) is 8.04. The van der Waals surface area contributed by atoms with Crippen LogP contribution in [-0.2, 0) is 4.74 Å². The maximum atomic E-state index is 5.54. The van der Waals surface area contributed by atoms with Gasteiger partial charge in [0.15, 0.2) is 0 Å². The van der Waals surface area contributed by atoms with Gasteiger partial charge in [-0.25, -0.2) is 0 Å². The topological polar surface area (TPSA) is 24.5 Å². The summed E-state index contributed by atoms with van der Waals surface area (Å²) in [5.74, 6) is 0. The molecule has 1 fully saturated rings. The normalized spacial score (nSPS) is 24.8. The fraction of sp³-hybridized carbons (Fsp3) is 1.00. The Hall–Kier alpha value is -0.120. The first kappa shape index (κ1) is 13.9. The van der Waals surface area contributed by atoms with E-state index in [1.54, 1.807) is 0 Å². The van der Waals surface area contributed by atoms with Crippen molar-refractivity contribution < 1.29 is 4.74 Å². The van der Waals surface area contributed by atoms with Crippen LogP contribution in [0.3, 0.4) is 0 Å². The third kappa shape index (κ3) is 4.81. The van der Waals surface area contributed by atoms with Crippen LogP contribution in [-0.4, -0.2) is 49.8 Å². The summed E-state index contributed by atoms with van der Waals surface area (Å²) in [6.45, 7) is 12.1. The van der Waals surface area contributed by atoms with Gasteiger partial charge in [0.1, 0.15) is 0 Å². The summed E-state index contributed by atoms with van der Waals surface area (Å²) < 4.78 is 5.54. The molecular weight excluding hydrogens is 200 g/mol. The Morgan fingerprint density at radius 1 is 1.19 bits per heavy atom. The molecule has 0 aliphatic heterocycles. The maximum Gasteiger partial charge on any atom is 0.0604 e. The fourth-order valence-corrected chi connectivity index (χ4v) is 2.28. The summed E-state index contributed by atoms with van der Waals surface area (Å²) in [4.78, 5) is 2.51. The minimum atomic E-state index is 0.528. The lowest BCUT2D eigenvalue weighted by molar-refractivity contribution is -0.0101. The molecule has 0 aromatic rings. The Kier molecular flexibility index (Phi) is 7.01. The van der Waals surface area contributed by atoms with Gasteiger partial charge in [0.2, 0.25) is 0 Å². The van der Waals surface area contributed by atoms with Crippen LogP contribution < -0.4 is 5.32 Å². The highest BCUT2D eigenvalue weighted by Crippen LogP contribution is 2.22. The lowest BCUT2D eigenvalue weighted by atomic mass is 9.89. The third-order valence-electron chi connectivity index (χ3n) is 3.35. The molecule has 0 atom stereocenters. The van der Waals surface area contributed by atoms with E-state index in [0.717, 1.165) is 13.2 Å². The van der Waals surface area contributed by atoms with Crippen LogP contribution in [0.15, 0.2) is 0 Å². The molecule has 0 heterocycles. The molecule has 3 nitrogen and oxygen atoms in total. The number of ether oxygens (including phenoxy) is 1. The highest BCUT2D eigenvalue weighted by molar-refractivity contribution is 4.86. The van der Waals surface area contributed by atoms with Gasteiger partial charge in [-0.1, -0.05) is 13.8 Å². The molecule has 3 heteroatoms. The zero-order chi connectivity index (χ0) is 11.8. The lowest BCUT2D eigenvalue weighted by Crippen LogP contribution is -2.47. The van der Waals surface area contributed by atoms with Gasteiger partial charge >= 0.3 is 0 Å². The van der Waals surface area contributed by atoms with Crippen molar-refractivity contribution in [2.24, 2.45) is 0 Å². The van der Waals surface area contributed by atoms with E-state index in [4.69, 9.17) is 4.74 Å². The van der Waals surface area contributed by atoms with Gasteiger partial charge < -0.3 is 15.0 Å². The largest absolute Gasteiger partial charge is 0.378 e. The molecule has 1 aliphatic rings. The number of hydrogen-bond donors (Lipinski definition) is 1. The highest BCUT2D eigenvalue weighted by atomic mass is 16.5. The second-order valence-electron chi connectivity index (χ2n) is 4.63. The van der Waals surface area contributed by atoms with Crippen LogP contribution in [0.1, 0.15) is 40.0 Å². The van der Waals surface area contributed by atoms with E-state index in [1.807, 2.05) is 0 Å². The van der Waals surface area contributed by atoms with E-state index in [-0.39, 0.29) is 0 Å². The smallest absolute Gasteiger partial charge is 0.0604 e. The summed E-state index contributed by atoms with van der Waals surface area (Å²) in [5, 5.41) is 3.61. The Morgan fingerprint density at radius 2 is 1.94 bits per heavy atom. The maximum absolute atomic E-state index is 5.54. The number of likely N-dealkylation sites (N-methyl/N-ethyl adjacent to an activating group) is 1. The Labute approximate surface area is 101 Å². The lowest BCUT2D eigenvalue weighted by Gasteiger charge is -2.36. The van der Waals surface area contributed by atoms with Crippen molar-refractivity contribution in [3.8, 4) is 0 Å². The SMILES string of the molecule is CCCN(CC)CCNC1CC(OCC)C1. The van der Waals surface area contributed by atoms with Crippen molar-refractivity contribution in [1.29, 1.82) is 0 Å². The van der Waals surface area contributed by atoms with E-state index in [1.165, 1.54) is 38.9 Å². The van der Waals surface area contributed by atoms with Crippen LogP contribution in [0.2, 0.25) is 0 Å². The molecule has 0 saturated heterocycles. The minimum Gasteiger partial charge on any atom is -0.378 e. The predicted octanol–water partition coefficient (Wildman–Crippen LogP) is 1.88. The van der Waals surface area contributed by atoms with Crippen molar-refractivity contribution in [3.63, 3.8) is 0 Å². The summed E-state index contributed by atoms with van der Waals surface area (Å²) >= 11 is 0. The molecule has 1 rings (SSSR count). The molecular formula is C13H28N2O. The molecule has 0 unspecified atom stereocenters. The van der Waals surface area contributed by atoms with E-state index < -0.39 is 0 Å². The van der Waals surface area contributed by atoms with Crippen LogP contribution in [0.25, 0.3) is 0 Å². The number of nitrogens with one attached hydrogen (secondary N) is 1. The molecule has 1 aliphatic carbocycles. The Balaban J connectivity index is 1.96. The fourth-order valence-electron chi connectivity index (χ4n) is 2.28. The quantitative estimate of drug-likeness (QED) is 0.652.